The molecule has 2 nitrogen and oxygen atoms in total. The Balaban J connectivity index is 2.49. The minimum absolute atomic E-state index is 0.434. The van der Waals surface area contributed by atoms with Crippen molar-refractivity contribution in [2.24, 2.45) is 4.40 Å². The van der Waals surface area contributed by atoms with Gasteiger partial charge in [-0.15, -0.1) is 0 Å². The van der Waals surface area contributed by atoms with Gasteiger partial charge in [-0.3, -0.25) is 0 Å². The molecule has 0 radical (unpaired) electrons. The zero-order valence-corrected chi connectivity index (χ0v) is 8.29. The summed E-state index contributed by atoms with van der Waals surface area (Å²) in [4.78, 5) is 1.11. The van der Waals surface area contributed by atoms with Crippen LogP contribution in [0.2, 0.25) is 0 Å². The zero-order valence-electron chi connectivity index (χ0n) is 7.47. The van der Waals surface area contributed by atoms with Crippen molar-refractivity contribution in [2.45, 2.75) is 11.3 Å². The average Bonchev–Trinajstić information content (AvgIpc) is 2.42. The third-order valence-electron chi connectivity index (χ3n) is 1.99. The van der Waals surface area contributed by atoms with Gasteiger partial charge in [-0.25, -0.2) is 4.40 Å². The normalized spacial score (nSPS) is 13.8. The molecule has 14 heavy (non-hydrogen) atoms. The fraction of sp³-hybridized carbons (Fsp3) is 0.0909. The lowest BCUT2D eigenvalue weighted by Gasteiger charge is -2.05. The minimum atomic E-state index is 0.434. The number of nitriles is 1. The quantitative estimate of drug-likeness (QED) is 0.653. The van der Waals surface area contributed by atoms with Crippen molar-refractivity contribution in [3.05, 3.63) is 35.9 Å². The lowest BCUT2D eigenvalue weighted by Crippen LogP contribution is -1.85. The van der Waals surface area contributed by atoms with Gasteiger partial charge in [-0.2, -0.15) is 5.26 Å². The van der Waals surface area contributed by atoms with Gasteiger partial charge in [-0.05, 0) is 23.3 Å². The Hall–Kier alpha value is -1.53. The lowest BCUT2D eigenvalue weighted by atomic mass is 10.0. The number of nitrogens with zero attached hydrogens (tertiary/aromatic N) is 2. The Labute approximate surface area is 87.1 Å². The van der Waals surface area contributed by atoms with Crippen LogP contribution in [0.25, 0.3) is 5.57 Å². The second-order valence-electron chi connectivity index (χ2n) is 2.87. The summed E-state index contributed by atoms with van der Waals surface area (Å²) < 4.78 is 4.15. The molecule has 0 saturated heterocycles. The molecule has 1 aromatic rings. The number of fused-ring (bicyclic) bond motifs is 1. The van der Waals surface area contributed by atoms with E-state index in [0.717, 1.165) is 16.0 Å². The van der Waals surface area contributed by atoms with E-state index < -0.39 is 0 Å². The largest absolute Gasteiger partial charge is 0.219 e. The summed E-state index contributed by atoms with van der Waals surface area (Å²) in [7, 11) is 0. The monoisotopic (exact) mass is 200 g/mol. The molecular weight excluding hydrogens is 192 g/mol. The Morgan fingerprint density at radius 2 is 2.21 bits per heavy atom. The summed E-state index contributed by atoms with van der Waals surface area (Å²) in [5, 5.41) is 8.69. The molecule has 3 heteroatoms. The highest BCUT2D eigenvalue weighted by Gasteiger charge is 2.08. The van der Waals surface area contributed by atoms with Crippen molar-refractivity contribution in [1.29, 1.82) is 5.26 Å². The topological polar surface area (TPSA) is 36.1 Å². The summed E-state index contributed by atoms with van der Waals surface area (Å²) >= 11 is 1.45. The molecule has 2 rings (SSSR count). The predicted octanol–water partition coefficient (Wildman–Crippen LogP) is 3.08. The molecule has 0 aromatic heterocycles. The van der Waals surface area contributed by atoms with Crippen LogP contribution >= 0.6 is 11.9 Å². The van der Waals surface area contributed by atoms with Crippen LogP contribution in [-0.2, 0) is 0 Å². The van der Waals surface area contributed by atoms with Crippen LogP contribution < -0.4 is 0 Å². The Morgan fingerprint density at radius 1 is 1.36 bits per heavy atom. The Kier molecular flexibility index (Phi) is 2.66. The molecule has 0 N–H and O–H groups in total. The van der Waals surface area contributed by atoms with Crippen molar-refractivity contribution in [1.82, 2.24) is 0 Å². The van der Waals surface area contributed by atoms with Crippen molar-refractivity contribution < 1.29 is 0 Å². The third-order valence-corrected chi connectivity index (χ3v) is 2.77. The van der Waals surface area contributed by atoms with Crippen molar-refractivity contribution >= 4 is 23.7 Å². The third kappa shape index (κ3) is 1.70. The molecule has 1 aromatic carbocycles. The van der Waals surface area contributed by atoms with Crippen LogP contribution in [0, 0.1) is 11.3 Å². The van der Waals surface area contributed by atoms with Crippen LogP contribution in [-0.4, -0.2) is 6.21 Å². The molecule has 0 atom stereocenters. The first-order chi connectivity index (χ1) is 6.92. The highest BCUT2D eigenvalue weighted by atomic mass is 32.2. The molecular formula is C11H8N2S. The van der Waals surface area contributed by atoms with Crippen LogP contribution in [0.3, 0.4) is 0 Å². The number of hydrogen-bond donors (Lipinski definition) is 0. The van der Waals surface area contributed by atoms with E-state index in [1.807, 2.05) is 30.3 Å². The molecule has 1 heterocycles. The second kappa shape index (κ2) is 4.12. The highest BCUT2D eigenvalue weighted by molar-refractivity contribution is 7.98. The van der Waals surface area contributed by atoms with Gasteiger partial charge in [0.05, 0.1) is 12.5 Å². The molecule has 0 aliphatic carbocycles. The van der Waals surface area contributed by atoms with Gasteiger partial charge in [0.25, 0.3) is 0 Å². The molecule has 0 unspecified atom stereocenters. The van der Waals surface area contributed by atoms with Crippen LogP contribution in [0.5, 0.6) is 0 Å². The first-order valence-electron chi connectivity index (χ1n) is 4.27. The van der Waals surface area contributed by atoms with Crippen molar-refractivity contribution in [3.63, 3.8) is 0 Å². The van der Waals surface area contributed by atoms with Crippen molar-refractivity contribution in [2.75, 3.05) is 0 Å². The van der Waals surface area contributed by atoms with E-state index in [2.05, 4.69) is 10.5 Å². The first kappa shape index (κ1) is 9.04. The second-order valence-corrected chi connectivity index (χ2v) is 3.70. The summed E-state index contributed by atoms with van der Waals surface area (Å²) in [6.07, 6.45) is 4.09. The van der Waals surface area contributed by atoms with Crippen LogP contribution in [0.4, 0.5) is 0 Å². The van der Waals surface area contributed by atoms with Gasteiger partial charge in [0.1, 0.15) is 0 Å². The number of allylic oxidation sites excluding steroid dienone is 2. The maximum Gasteiger partial charge on any atom is 0.0669 e. The highest BCUT2D eigenvalue weighted by Crippen LogP contribution is 2.31. The SMILES string of the molecule is N#CCC1=CC=NSc2ccccc21. The van der Waals surface area contributed by atoms with Gasteiger partial charge in [0.15, 0.2) is 0 Å². The van der Waals surface area contributed by atoms with Gasteiger partial charge >= 0.3 is 0 Å². The smallest absolute Gasteiger partial charge is 0.0669 e. The maximum absolute atomic E-state index is 8.69. The Bertz CT molecular complexity index is 441. The molecule has 1 aliphatic heterocycles. The summed E-state index contributed by atoms with van der Waals surface area (Å²) in [5.41, 5.74) is 2.16. The predicted molar refractivity (Wildman–Crippen MR) is 59.0 cm³/mol. The minimum Gasteiger partial charge on any atom is -0.219 e. The molecule has 68 valence electrons. The molecule has 1 aliphatic rings. The van der Waals surface area contributed by atoms with Gasteiger partial charge < -0.3 is 0 Å². The molecule has 0 bridgehead atoms. The number of benzene rings is 1. The first-order valence-corrected chi connectivity index (χ1v) is 5.05. The maximum atomic E-state index is 8.69. The van der Waals surface area contributed by atoms with Crippen LogP contribution in [0.1, 0.15) is 12.0 Å². The van der Waals surface area contributed by atoms with E-state index in [1.165, 1.54) is 11.9 Å². The van der Waals surface area contributed by atoms with Crippen LogP contribution in [0.15, 0.2) is 39.6 Å². The zero-order chi connectivity index (χ0) is 9.80. The summed E-state index contributed by atoms with van der Waals surface area (Å²) in [6, 6.07) is 10.2. The fourth-order valence-corrected chi connectivity index (χ4v) is 2.02. The summed E-state index contributed by atoms with van der Waals surface area (Å²) in [6.45, 7) is 0. The van der Waals surface area contributed by atoms with Gasteiger partial charge in [0, 0.05) is 23.1 Å². The van der Waals surface area contributed by atoms with E-state index >= 15 is 0 Å². The van der Waals surface area contributed by atoms with E-state index in [0.29, 0.717) is 6.42 Å². The Morgan fingerprint density at radius 3 is 3.07 bits per heavy atom. The summed E-state index contributed by atoms with van der Waals surface area (Å²) in [5.74, 6) is 0. The number of rotatable bonds is 1. The standard InChI is InChI=1S/C11H8N2S/c12-7-5-9-6-8-13-14-11-4-2-1-3-10(9)11/h1-4,6,8H,5H2. The molecule has 0 fully saturated rings. The van der Waals surface area contributed by atoms with E-state index in [1.54, 1.807) is 6.21 Å². The molecule has 0 amide bonds. The van der Waals surface area contributed by atoms with Gasteiger partial charge in [-0.1, -0.05) is 18.2 Å². The van der Waals surface area contributed by atoms with Gasteiger partial charge in [0.2, 0.25) is 0 Å². The van der Waals surface area contributed by atoms with Crippen molar-refractivity contribution in [3.8, 4) is 6.07 Å². The molecule has 0 spiro atoms. The van der Waals surface area contributed by atoms with E-state index in [-0.39, 0.29) is 0 Å². The number of hydrogen-bond acceptors (Lipinski definition) is 3. The lowest BCUT2D eigenvalue weighted by molar-refractivity contribution is 1.31. The van der Waals surface area contributed by atoms with E-state index in [4.69, 9.17) is 5.26 Å². The molecule has 0 saturated carbocycles. The fourth-order valence-electron chi connectivity index (χ4n) is 1.35. The average molecular weight is 200 g/mol. The van der Waals surface area contributed by atoms with E-state index in [9.17, 15) is 0 Å².